The molecule has 32 heavy (non-hydrogen) atoms. The van der Waals surface area contributed by atoms with Crippen LogP contribution >= 0.6 is 0 Å². The van der Waals surface area contributed by atoms with Gasteiger partial charge in [-0.1, -0.05) is 17.3 Å². The number of hydrogen-bond donors (Lipinski definition) is 0. The molecule has 0 aliphatic carbocycles. The van der Waals surface area contributed by atoms with Gasteiger partial charge in [0.15, 0.2) is 11.5 Å². The molecule has 0 atom stereocenters. The van der Waals surface area contributed by atoms with Crippen LogP contribution in [-0.4, -0.2) is 66.2 Å². The van der Waals surface area contributed by atoms with Crippen LogP contribution in [0.3, 0.4) is 0 Å². The van der Waals surface area contributed by atoms with Crippen molar-refractivity contribution in [2.45, 2.75) is 13.0 Å². The van der Waals surface area contributed by atoms with E-state index >= 15 is 0 Å². The summed E-state index contributed by atoms with van der Waals surface area (Å²) in [6.45, 7) is 3.18. The molecule has 1 saturated heterocycles. The Morgan fingerprint density at radius 3 is 2.44 bits per heavy atom. The summed E-state index contributed by atoms with van der Waals surface area (Å²) in [5, 5.41) is 4.08. The van der Waals surface area contributed by atoms with Gasteiger partial charge in [-0.2, -0.15) is 4.98 Å². The lowest BCUT2D eigenvalue weighted by Crippen LogP contribution is -2.48. The van der Waals surface area contributed by atoms with E-state index < -0.39 is 0 Å². The van der Waals surface area contributed by atoms with Crippen molar-refractivity contribution in [2.75, 3.05) is 40.4 Å². The molecule has 0 saturated carbocycles. The molecule has 8 nitrogen and oxygen atoms in total. The van der Waals surface area contributed by atoms with Gasteiger partial charge in [-0.15, -0.1) is 0 Å². The van der Waals surface area contributed by atoms with Crippen molar-refractivity contribution in [1.29, 1.82) is 0 Å². The highest BCUT2D eigenvalue weighted by Crippen LogP contribution is 2.31. The minimum atomic E-state index is -0.301. The molecule has 1 aliphatic rings. The number of methoxy groups -OCH3 is 2. The lowest BCUT2D eigenvalue weighted by molar-refractivity contribution is -0.132. The minimum Gasteiger partial charge on any atom is -0.493 e. The van der Waals surface area contributed by atoms with Gasteiger partial charge in [-0.3, -0.25) is 9.69 Å². The molecule has 0 radical (unpaired) electrons. The van der Waals surface area contributed by atoms with Gasteiger partial charge in [-0.05, 0) is 35.9 Å². The quantitative estimate of drug-likeness (QED) is 0.559. The number of amides is 1. The zero-order chi connectivity index (χ0) is 22.5. The maximum Gasteiger partial charge on any atom is 0.241 e. The highest BCUT2D eigenvalue weighted by Gasteiger charge is 2.23. The maximum atomic E-state index is 13.0. The first kappa shape index (κ1) is 21.8. The molecular weight excluding hydrogens is 415 g/mol. The first-order valence-electron chi connectivity index (χ1n) is 10.4. The molecule has 1 aromatic heterocycles. The molecule has 1 fully saturated rings. The van der Waals surface area contributed by atoms with E-state index in [2.05, 4.69) is 15.0 Å². The Labute approximate surface area is 185 Å². The summed E-state index contributed by atoms with van der Waals surface area (Å²) >= 11 is 0. The van der Waals surface area contributed by atoms with E-state index in [0.717, 1.165) is 11.1 Å². The summed E-state index contributed by atoms with van der Waals surface area (Å²) in [5.74, 6) is 1.97. The van der Waals surface area contributed by atoms with E-state index in [1.165, 1.54) is 12.1 Å². The van der Waals surface area contributed by atoms with Crippen LogP contribution in [0.2, 0.25) is 0 Å². The third-order valence-electron chi connectivity index (χ3n) is 5.46. The Morgan fingerprint density at radius 2 is 1.75 bits per heavy atom. The number of aromatic nitrogens is 2. The third-order valence-corrected chi connectivity index (χ3v) is 5.46. The monoisotopic (exact) mass is 440 g/mol. The van der Waals surface area contributed by atoms with Crippen LogP contribution in [0.25, 0.3) is 11.4 Å². The lowest BCUT2D eigenvalue weighted by atomic mass is 10.1. The van der Waals surface area contributed by atoms with Gasteiger partial charge in [0, 0.05) is 31.7 Å². The molecule has 9 heteroatoms. The summed E-state index contributed by atoms with van der Waals surface area (Å²) in [6, 6.07) is 11.5. The number of piperazine rings is 1. The molecule has 0 unspecified atom stereocenters. The van der Waals surface area contributed by atoms with Crippen molar-refractivity contribution in [1.82, 2.24) is 19.9 Å². The van der Waals surface area contributed by atoms with Crippen LogP contribution in [0.1, 0.15) is 11.5 Å². The Morgan fingerprint density at radius 1 is 1.03 bits per heavy atom. The van der Waals surface area contributed by atoms with Crippen LogP contribution in [0.5, 0.6) is 11.5 Å². The number of nitrogens with zero attached hydrogens (tertiary/aromatic N) is 4. The second-order valence-corrected chi connectivity index (χ2v) is 7.54. The van der Waals surface area contributed by atoms with Crippen LogP contribution in [0.4, 0.5) is 4.39 Å². The Hall–Kier alpha value is -3.46. The van der Waals surface area contributed by atoms with Gasteiger partial charge in [0.2, 0.25) is 17.6 Å². The summed E-state index contributed by atoms with van der Waals surface area (Å²) in [5.41, 5.74) is 1.58. The van der Waals surface area contributed by atoms with E-state index in [9.17, 15) is 9.18 Å². The number of halogens is 1. The van der Waals surface area contributed by atoms with Gasteiger partial charge in [0.1, 0.15) is 5.82 Å². The predicted molar refractivity (Wildman–Crippen MR) is 115 cm³/mol. The summed E-state index contributed by atoms with van der Waals surface area (Å²) in [6.07, 6.45) is 0.276. The van der Waals surface area contributed by atoms with Crippen molar-refractivity contribution >= 4 is 5.91 Å². The highest BCUT2D eigenvalue weighted by atomic mass is 19.1. The van der Waals surface area contributed by atoms with E-state index in [1.807, 2.05) is 11.0 Å². The summed E-state index contributed by atoms with van der Waals surface area (Å²) < 4.78 is 29.1. The van der Waals surface area contributed by atoms with Crippen molar-refractivity contribution in [3.05, 3.63) is 59.7 Å². The number of carbonyl (C=O) groups excluding carboxylic acids is 1. The predicted octanol–water partition coefficient (Wildman–Crippen LogP) is 2.78. The van der Waals surface area contributed by atoms with E-state index in [-0.39, 0.29) is 18.1 Å². The largest absolute Gasteiger partial charge is 0.493 e. The first-order valence-corrected chi connectivity index (χ1v) is 10.4. The lowest BCUT2D eigenvalue weighted by Gasteiger charge is -2.34. The normalized spacial score (nSPS) is 14.4. The van der Waals surface area contributed by atoms with Crippen LogP contribution in [0.15, 0.2) is 47.0 Å². The van der Waals surface area contributed by atoms with Crippen molar-refractivity contribution < 1.29 is 23.2 Å². The third kappa shape index (κ3) is 5.05. The van der Waals surface area contributed by atoms with Gasteiger partial charge in [0.05, 0.1) is 27.2 Å². The average molecular weight is 440 g/mol. The number of rotatable bonds is 7. The number of carbonyl (C=O) groups is 1. The molecule has 0 spiro atoms. The molecule has 4 rings (SSSR count). The average Bonchev–Trinajstić information content (AvgIpc) is 3.29. The van der Waals surface area contributed by atoms with Crippen LogP contribution in [-0.2, 0) is 17.8 Å². The van der Waals surface area contributed by atoms with Crippen molar-refractivity contribution in [2.24, 2.45) is 0 Å². The van der Waals surface area contributed by atoms with Gasteiger partial charge >= 0.3 is 0 Å². The molecular formula is C23H25FN4O4. The Balaban J connectivity index is 1.31. The molecule has 1 aliphatic heterocycles. The number of benzene rings is 2. The molecule has 2 aromatic carbocycles. The summed E-state index contributed by atoms with van der Waals surface area (Å²) in [4.78, 5) is 21.0. The van der Waals surface area contributed by atoms with E-state index in [0.29, 0.717) is 55.9 Å². The smallest absolute Gasteiger partial charge is 0.241 e. The second kappa shape index (κ2) is 9.78. The highest BCUT2D eigenvalue weighted by molar-refractivity contribution is 5.78. The molecule has 168 valence electrons. The molecule has 0 bridgehead atoms. The van der Waals surface area contributed by atoms with Gasteiger partial charge in [0.25, 0.3) is 0 Å². The number of hydrogen-bond acceptors (Lipinski definition) is 7. The SMILES string of the molecule is COc1ccc(-c2noc(CN3CCN(C(=O)Cc4ccc(F)cc4)CC3)n2)cc1OC. The molecule has 1 amide bonds. The van der Waals surface area contributed by atoms with Crippen LogP contribution < -0.4 is 9.47 Å². The van der Waals surface area contributed by atoms with Crippen LogP contribution in [0, 0.1) is 5.82 Å². The standard InChI is InChI=1S/C23H25FN4O4/c1-30-19-8-5-17(14-20(19)31-2)23-25-21(32-26-23)15-27-9-11-28(12-10-27)22(29)13-16-3-6-18(24)7-4-16/h3-8,14H,9-13,15H2,1-2H3. The second-order valence-electron chi connectivity index (χ2n) is 7.54. The maximum absolute atomic E-state index is 13.0. The summed E-state index contributed by atoms with van der Waals surface area (Å²) in [7, 11) is 3.16. The van der Waals surface area contributed by atoms with Gasteiger partial charge in [-0.25, -0.2) is 4.39 Å². The zero-order valence-corrected chi connectivity index (χ0v) is 18.1. The fraction of sp³-hybridized carbons (Fsp3) is 0.348. The topological polar surface area (TPSA) is 80.9 Å². The fourth-order valence-electron chi connectivity index (χ4n) is 3.65. The Kier molecular flexibility index (Phi) is 6.65. The fourth-order valence-corrected chi connectivity index (χ4v) is 3.65. The Bertz CT molecular complexity index is 1060. The van der Waals surface area contributed by atoms with Gasteiger partial charge < -0.3 is 18.9 Å². The minimum absolute atomic E-state index is 0.0461. The van der Waals surface area contributed by atoms with E-state index in [4.69, 9.17) is 14.0 Å². The zero-order valence-electron chi connectivity index (χ0n) is 18.1. The number of ether oxygens (including phenoxy) is 2. The molecule has 0 N–H and O–H groups in total. The molecule has 2 heterocycles. The molecule has 3 aromatic rings. The van der Waals surface area contributed by atoms with E-state index in [1.54, 1.807) is 38.5 Å². The van der Waals surface area contributed by atoms with Crippen molar-refractivity contribution in [3.8, 4) is 22.9 Å². The van der Waals surface area contributed by atoms with Crippen molar-refractivity contribution in [3.63, 3.8) is 0 Å². The first-order chi connectivity index (χ1) is 15.6.